The van der Waals surface area contributed by atoms with E-state index < -0.39 is 41.0 Å². The van der Waals surface area contributed by atoms with Crippen molar-refractivity contribution in [2.24, 2.45) is 5.73 Å². The molecule has 0 aromatic heterocycles. The number of nitrogens with one attached hydrogen (secondary N) is 4. The van der Waals surface area contributed by atoms with Crippen molar-refractivity contribution in [1.82, 2.24) is 21.3 Å². The van der Waals surface area contributed by atoms with Gasteiger partial charge in [0.05, 0.1) is 37.0 Å². The largest absolute Gasteiger partial charge is 0.373 e. The summed E-state index contributed by atoms with van der Waals surface area (Å²) in [4.78, 5) is 49.2. The lowest BCUT2D eigenvalue weighted by atomic mass is 10.1. The molecule has 0 spiro atoms. The second-order valence-corrected chi connectivity index (χ2v) is 9.80. The fourth-order valence-corrected chi connectivity index (χ4v) is 2.78. The van der Waals surface area contributed by atoms with E-state index in [0.29, 0.717) is 6.42 Å². The number of carbonyl (C=O) groups is 4. The highest BCUT2D eigenvalue weighted by atomic mass is 16.5. The monoisotopic (exact) mass is 457 g/mol. The Kier molecular flexibility index (Phi) is 10.5. The molecule has 0 aromatic carbocycles. The molecule has 0 bridgehead atoms. The number of rotatable bonds is 11. The Hall–Kier alpha value is -2.24. The number of hydrogen-bond acceptors (Lipinski definition) is 7. The first kappa shape index (κ1) is 27.8. The van der Waals surface area contributed by atoms with E-state index >= 15 is 0 Å². The number of hydrogen-bond donors (Lipinski definition) is 5. The van der Waals surface area contributed by atoms with Crippen LogP contribution in [-0.2, 0) is 28.7 Å². The van der Waals surface area contributed by atoms with Crippen molar-refractivity contribution < 1.29 is 28.7 Å². The lowest BCUT2D eigenvalue weighted by Crippen LogP contribution is -2.59. The molecule has 11 nitrogen and oxygen atoms in total. The van der Waals surface area contributed by atoms with E-state index in [0.717, 1.165) is 13.0 Å². The van der Waals surface area contributed by atoms with Gasteiger partial charge in [0, 0.05) is 0 Å². The fraction of sp³-hybridized carbons (Fsp3) is 0.810. The maximum atomic E-state index is 13.0. The average Bonchev–Trinajstić information content (AvgIpc) is 3.19. The van der Waals surface area contributed by atoms with Crippen molar-refractivity contribution in [3.8, 4) is 0 Å². The Balaban J connectivity index is 2.92. The third kappa shape index (κ3) is 11.4. The van der Waals surface area contributed by atoms with Crippen LogP contribution >= 0.6 is 0 Å². The number of carbonyl (C=O) groups excluding carboxylic acids is 4. The molecule has 1 heterocycles. The Bertz CT molecular complexity index is 665. The molecule has 1 fully saturated rings. The van der Waals surface area contributed by atoms with E-state index in [-0.39, 0.29) is 31.7 Å². The minimum atomic E-state index is -1.10. The third-order valence-corrected chi connectivity index (χ3v) is 4.45. The summed E-state index contributed by atoms with van der Waals surface area (Å²) in [5.74, 6) is -2.24. The SMILES string of the molecule is CC(C)(C)OC[C@H](NC(=O)[C@H](COC(C)(C)C)NC(=O)[C@@H]1CCCN1)C(=O)NCC(N)=O. The number of primary amides is 1. The molecule has 1 saturated heterocycles. The predicted octanol–water partition coefficient (Wildman–Crippen LogP) is -1.06. The number of amides is 4. The summed E-state index contributed by atoms with van der Waals surface area (Å²) in [6.45, 7) is 11.1. The Morgan fingerprint density at radius 1 is 0.938 bits per heavy atom. The van der Waals surface area contributed by atoms with Gasteiger partial charge >= 0.3 is 0 Å². The van der Waals surface area contributed by atoms with E-state index in [1.165, 1.54) is 0 Å². The Labute approximate surface area is 189 Å². The van der Waals surface area contributed by atoms with Crippen LogP contribution in [0.5, 0.6) is 0 Å². The minimum Gasteiger partial charge on any atom is -0.373 e. The zero-order chi connectivity index (χ0) is 24.5. The van der Waals surface area contributed by atoms with Gasteiger partial charge in [0.15, 0.2) is 0 Å². The van der Waals surface area contributed by atoms with Gasteiger partial charge in [0.2, 0.25) is 23.6 Å². The Morgan fingerprint density at radius 2 is 1.47 bits per heavy atom. The molecule has 0 unspecified atom stereocenters. The van der Waals surface area contributed by atoms with Crippen molar-refractivity contribution >= 4 is 23.6 Å². The zero-order valence-electron chi connectivity index (χ0n) is 20.0. The fourth-order valence-electron chi connectivity index (χ4n) is 2.78. The van der Waals surface area contributed by atoms with Crippen LogP contribution in [0.15, 0.2) is 0 Å². The van der Waals surface area contributed by atoms with E-state index in [2.05, 4.69) is 21.3 Å². The predicted molar refractivity (Wildman–Crippen MR) is 119 cm³/mol. The van der Waals surface area contributed by atoms with E-state index in [9.17, 15) is 19.2 Å². The second kappa shape index (κ2) is 12.1. The molecule has 0 aromatic rings. The quantitative estimate of drug-likeness (QED) is 0.264. The Morgan fingerprint density at radius 3 is 1.91 bits per heavy atom. The van der Waals surface area contributed by atoms with Gasteiger partial charge in [0.25, 0.3) is 0 Å². The molecule has 184 valence electrons. The van der Waals surface area contributed by atoms with Crippen LogP contribution in [-0.4, -0.2) is 79.3 Å². The summed E-state index contributed by atoms with van der Waals surface area (Å²) in [6, 6.07) is -2.50. The van der Waals surface area contributed by atoms with Crippen molar-refractivity contribution in [3.63, 3.8) is 0 Å². The topological polar surface area (TPSA) is 161 Å². The molecule has 0 radical (unpaired) electrons. The van der Waals surface area contributed by atoms with Gasteiger partial charge in [-0.15, -0.1) is 0 Å². The van der Waals surface area contributed by atoms with Crippen LogP contribution in [0.4, 0.5) is 0 Å². The lowest BCUT2D eigenvalue weighted by molar-refractivity contribution is -0.137. The number of ether oxygens (including phenoxy) is 2. The number of nitrogens with two attached hydrogens (primary N) is 1. The van der Waals surface area contributed by atoms with Gasteiger partial charge in [-0.3, -0.25) is 19.2 Å². The van der Waals surface area contributed by atoms with E-state index in [1.807, 2.05) is 41.5 Å². The second-order valence-electron chi connectivity index (χ2n) is 9.80. The van der Waals surface area contributed by atoms with Gasteiger partial charge in [-0.25, -0.2) is 0 Å². The summed E-state index contributed by atoms with van der Waals surface area (Å²) in [7, 11) is 0. The standard InChI is InChI=1S/C21H39N5O6/c1-20(2,3)31-11-14(17(28)24-10-16(22)27)25-19(30)15(12-32-21(4,5)6)26-18(29)13-8-7-9-23-13/h13-15,23H,7-12H2,1-6H3,(H2,22,27)(H,24,28)(H,25,30)(H,26,29)/t13-,14-,15-/m0/s1. The molecule has 6 N–H and O–H groups in total. The van der Waals surface area contributed by atoms with Gasteiger partial charge in [-0.2, -0.15) is 0 Å². The minimum absolute atomic E-state index is 0.0798. The highest BCUT2D eigenvalue weighted by Crippen LogP contribution is 2.10. The van der Waals surface area contributed by atoms with Crippen LogP contribution in [0.3, 0.4) is 0 Å². The van der Waals surface area contributed by atoms with Gasteiger partial charge in [0.1, 0.15) is 12.1 Å². The molecule has 32 heavy (non-hydrogen) atoms. The average molecular weight is 458 g/mol. The first-order chi connectivity index (χ1) is 14.7. The van der Waals surface area contributed by atoms with Crippen molar-refractivity contribution in [1.29, 1.82) is 0 Å². The maximum Gasteiger partial charge on any atom is 0.245 e. The van der Waals surface area contributed by atoms with Crippen LogP contribution in [0, 0.1) is 0 Å². The lowest BCUT2D eigenvalue weighted by Gasteiger charge is -2.28. The van der Waals surface area contributed by atoms with E-state index in [4.69, 9.17) is 15.2 Å². The summed E-state index contributed by atoms with van der Waals surface area (Å²) in [6.07, 6.45) is 1.55. The van der Waals surface area contributed by atoms with Crippen molar-refractivity contribution in [2.45, 2.75) is 83.7 Å². The molecular formula is C21H39N5O6. The third-order valence-electron chi connectivity index (χ3n) is 4.45. The molecule has 1 aliphatic rings. The smallest absolute Gasteiger partial charge is 0.245 e. The maximum absolute atomic E-state index is 13.0. The van der Waals surface area contributed by atoms with Gasteiger partial charge < -0.3 is 36.5 Å². The summed E-state index contributed by atoms with van der Waals surface area (Å²) >= 11 is 0. The molecule has 4 amide bonds. The first-order valence-corrected chi connectivity index (χ1v) is 10.9. The summed E-state index contributed by atoms with van der Waals surface area (Å²) < 4.78 is 11.4. The molecular weight excluding hydrogens is 418 g/mol. The van der Waals surface area contributed by atoms with Crippen LogP contribution in [0.1, 0.15) is 54.4 Å². The summed E-state index contributed by atoms with van der Waals surface area (Å²) in [5, 5.41) is 10.8. The van der Waals surface area contributed by atoms with E-state index in [1.54, 1.807) is 0 Å². The molecule has 1 aliphatic heterocycles. The molecule has 3 atom stereocenters. The molecule has 0 aliphatic carbocycles. The van der Waals surface area contributed by atoms with Gasteiger partial charge in [-0.05, 0) is 60.9 Å². The highest BCUT2D eigenvalue weighted by Gasteiger charge is 2.32. The van der Waals surface area contributed by atoms with Crippen LogP contribution in [0.2, 0.25) is 0 Å². The molecule has 0 saturated carbocycles. The highest BCUT2D eigenvalue weighted by molar-refractivity contribution is 5.94. The summed E-state index contributed by atoms with van der Waals surface area (Å²) in [5.41, 5.74) is 3.98. The van der Waals surface area contributed by atoms with Crippen LogP contribution < -0.4 is 27.0 Å². The molecule has 11 heteroatoms. The van der Waals surface area contributed by atoms with Crippen molar-refractivity contribution in [2.75, 3.05) is 26.3 Å². The van der Waals surface area contributed by atoms with Crippen LogP contribution in [0.25, 0.3) is 0 Å². The zero-order valence-corrected chi connectivity index (χ0v) is 20.0. The van der Waals surface area contributed by atoms with Gasteiger partial charge in [-0.1, -0.05) is 0 Å². The van der Waals surface area contributed by atoms with Crippen molar-refractivity contribution in [3.05, 3.63) is 0 Å². The first-order valence-electron chi connectivity index (χ1n) is 10.9. The normalized spacial score (nSPS) is 18.5. The molecule has 1 rings (SSSR count).